The second-order valence-corrected chi connectivity index (χ2v) is 5.15. The fourth-order valence-corrected chi connectivity index (χ4v) is 1.98. The van der Waals surface area contributed by atoms with E-state index < -0.39 is 23.7 Å². The average molecular weight is 351 g/mol. The number of carbonyl (C=O) groups is 2. The van der Waals surface area contributed by atoms with Crippen LogP contribution in [0.15, 0.2) is 54.6 Å². The third-order valence-electron chi connectivity index (χ3n) is 3.19. The van der Waals surface area contributed by atoms with E-state index in [0.717, 1.165) is 17.7 Å². The molecule has 0 fully saturated rings. The first kappa shape index (κ1) is 18.3. The molecule has 2 rings (SSSR count). The predicted octanol–water partition coefficient (Wildman–Crippen LogP) is 3.14. The van der Waals surface area contributed by atoms with Gasteiger partial charge in [0.1, 0.15) is 0 Å². The van der Waals surface area contributed by atoms with Crippen LogP contribution in [-0.4, -0.2) is 18.5 Å². The van der Waals surface area contributed by atoms with E-state index in [9.17, 15) is 22.8 Å². The zero-order valence-electron chi connectivity index (χ0n) is 13.1. The summed E-state index contributed by atoms with van der Waals surface area (Å²) >= 11 is 0. The molecule has 0 aliphatic carbocycles. The van der Waals surface area contributed by atoms with Crippen LogP contribution in [0.1, 0.15) is 11.1 Å². The quantitative estimate of drug-likeness (QED) is 0.775. The van der Waals surface area contributed by atoms with Gasteiger partial charge in [-0.1, -0.05) is 36.4 Å². The van der Waals surface area contributed by atoms with Gasteiger partial charge in [0.05, 0.1) is 12.1 Å². The zero-order chi connectivity index (χ0) is 18.3. The summed E-state index contributed by atoms with van der Waals surface area (Å²) in [5.74, 6) is -0.664. The molecule has 3 amide bonds. The molecule has 0 atom stereocenters. The Hall–Kier alpha value is -3.03. The van der Waals surface area contributed by atoms with Crippen molar-refractivity contribution in [2.24, 2.45) is 0 Å². The van der Waals surface area contributed by atoms with Crippen molar-refractivity contribution in [3.05, 3.63) is 65.7 Å². The fraction of sp³-hybridized carbons (Fsp3) is 0.176. The Labute approximate surface area is 142 Å². The fourth-order valence-electron chi connectivity index (χ4n) is 1.98. The van der Waals surface area contributed by atoms with Crippen LogP contribution in [0.25, 0.3) is 0 Å². The van der Waals surface area contributed by atoms with Gasteiger partial charge in [0.25, 0.3) is 0 Å². The minimum Gasteiger partial charge on any atom is -0.376 e. The van der Waals surface area contributed by atoms with E-state index in [0.29, 0.717) is 0 Å². The molecule has 0 spiro atoms. The normalized spacial score (nSPS) is 10.8. The lowest BCUT2D eigenvalue weighted by molar-refractivity contribution is -0.137. The second kappa shape index (κ2) is 8.18. The van der Waals surface area contributed by atoms with Crippen LogP contribution < -0.4 is 16.0 Å². The Balaban J connectivity index is 1.78. The van der Waals surface area contributed by atoms with E-state index in [1.54, 1.807) is 0 Å². The first-order chi connectivity index (χ1) is 11.8. The highest BCUT2D eigenvalue weighted by Gasteiger charge is 2.30. The van der Waals surface area contributed by atoms with Crippen LogP contribution in [0.2, 0.25) is 0 Å². The molecule has 0 saturated carbocycles. The molecule has 8 heteroatoms. The Morgan fingerprint density at radius 1 is 0.960 bits per heavy atom. The SMILES string of the molecule is O=C(CNc1cccc(C(F)(F)F)c1)NC(=O)NCc1ccccc1. The lowest BCUT2D eigenvalue weighted by Crippen LogP contribution is -2.41. The first-order valence-corrected chi connectivity index (χ1v) is 7.37. The maximum atomic E-state index is 12.6. The van der Waals surface area contributed by atoms with Crippen molar-refractivity contribution < 1.29 is 22.8 Å². The van der Waals surface area contributed by atoms with Crippen LogP contribution in [0.3, 0.4) is 0 Å². The summed E-state index contributed by atoms with van der Waals surface area (Å²) in [4.78, 5) is 23.3. The zero-order valence-corrected chi connectivity index (χ0v) is 13.1. The van der Waals surface area contributed by atoms with Gasteiger partial charge in [-0.25, -0.2) is 4.79 Å². The number of alkyl halides is 3. The van der Waals surface area contributed by atoms with E-state index in [-0.39, 0.29) is 18.8 Å². The highest BCUT2D eigenvalue weighted by molar-refractivity contribution is 5.96. The van der Waals surface area contributed by atoms with Crippen molar-refractivity contribution in [1.29, 1.82) is 0 Å². The highest BCUT2D eigenvalue weighted by Crippen LogP contribution is 2.30. The molecule has 0 unspecified atom stereocenters. The minimum absolute atomic E-state index is 0.134. The van der Waals surface area contributed by atoms with Crippen LogP contribution in [0.5, 0.6) is 0 Å². The van der Waals surface area contributed by atoms with Gasteiger partial charge in [-0.05, 0) is 23.8 Å². The number of carbonyl (C=O) groups excluding carboxylic acids is 2. The maximum absolute atomic E-state index is 12.6. The molecule has 0 heterocycles. The van der Waals surface area contributed by atoms with Gasteiger partial charge in [-0.15, -0.1) is 0 Å². The van der Waals surface area contributed by atoms with Crippen molar-refractivity contribution in [2.45, 2.75) is 12.7 Å². The third kappa shape index (κ3) is 6.17. The maximum Gasteiger partial charge on any atom is 0.416 e. The summed E-state index contributed by atoms with van der Waals surface area (Å²) in [6.07, 6.45) is -4.46. The molecule has 5 nitrogen and oxygen atoms in total. The van der Waals surface area contributed by atoms with Gasteiger partial charge in [0.2, 0.25) is 5.91 Å². The van der Waals surface area contributed by atoms with E-state index >= 15 is 0 Å². The Bertz CT molecular complexity index is 733. The van der Waals surface area contributed by atoms with Gasteiger partial charge in [0, 0.05) is 12.2 Å². The Morgan fingerprint density at radius 3 is 2.36 bits per heavy atom. The van der Waals surface area contributed by atoms with Gasteiger partial charge < -0.3 is 10.6 Å². The standard InChI is InChI=1S/C17H16F3N3O2/c18-17(19,20)13-7-4-8-14(9-13)21-11-15(24)23-16(25)22-10-12-5-2-1-3-6-12/h1-9,21H,10-11H2,(H2,22,23,24,25). The molecule has 0 bridgehead atoms. The molecule has 0 aliphatic rings. The number of imide groups is 1. The number of anilines is 1. The average Bonchev–Trinajstić information content (AvgIpc) is 2.59. The van der Waals surface area contributed by atoms with Crippen molar-refractivity contribution in [3.63, 3.8) is 0 Å². The van der Waals surface area contributed by atoms with Gasteiger partial charge in [0.15, 0.2) is 0 Å². The molecule has 2 aromatic carbocycles. The second-order valence-electron chi connectivity index (χ2n) is 5.15. The van der Waals surface area contributed by atoms with E-state index in [1.165, 1.54) is 12.1 Å². The molecule has 0 aromatic heterocycles. The summed E-state index contributed by atoms with van der Waals surface area (Å²) in [5, 5.41) is 7.15. The molecule has 0 saturated heterocycles. The van der Waals surface area contributed by atoms with E-state index in [1.807, 2.05) is 30.3 Å². The summed E-state index contributed by atoms with van der Waals surface area (Å²) < 4.78 is 37.8. The molecular weight excluding hydrogens is 335 g/mol. The molecule has 3 N–H and O–H groups in total. The summed E-state index contributed by atoms with van der Waals surface area (Å²) in [6, 6.07) is 12.9. The Morgan fingerprint density at radius 2 is 1.68 bits per heavy atom. The largest absolute Gasteiger partial charge is 0.416 e. The van der Waals surface area contributed by atoms with Gasteiger partial charge in [-0.2, -0.15) is 13.2 Å². The smallest absolute Gasteiger partial charge is 0.376 e. The number of amides is 3. The minimum atomic E-state index is -4.46. The molecule has 0 radical (unpaired) electrons. The molecule has 25 heavy (non-hydrogen) atoms. The topological polar surface area (TPSA) is 70.2 Å². The first-order valence-electron chi connectivity index (χ1n) is 7.37. The number of hydrogen-bond donors (Lipinski definition) is 3. The summed E-state index contributed by atoms with van der Waals surface area (Å²) in [6.45, 7) is -0.0823. The molecule has 0 aliphatic heterocycles. The lowest BCUT2D eigenvalue weighted by Gasteiger charge is -2.11. The van der Waals surface area contributed by atoms with E-state index in [4.69, 9.17) is 0 Å². The molecular formula is C17H16F3N3O2. The van der Waals surface area contributed by atoms with Crippen LogP contribution in [0.4, 0.5) is 23.7 Å². The van der Waals surface area contributed by atoms with E-state index in [2.05, 4.69) is 16.0 Å². The van der Waals surface area contributed by atoms with Crippen molar-refractivity contribution in [1.82, 2.24) is 10.6 Å². The van der Waals surface area contributed by atoms with Crippen molar-refractivity contribution in [3.8, 4) is 0 Å². The number of urea groups is 1. The number of halogens is 3. The number of benzene rings is 2. The number of nitrogens with one attached hydrogen (secondary N) is 3. The molecule has 2 aromatic rings. The van der Waals surface area contributed by atoms with Crippen LogP contribution >= 0.6 is 0 Å². The summed E-state index contributed by atoms with van der Waals surface area (Å²) in [5.41, 5.74) is 0.181. The monoisotopic (exact) mass is 351 g/mol. The Kier molecular flexibility index (Phi) is 5.99. The van der Waals surface area contributed by atoms with Gasteiger partial charge in [-0.3, -0.25) is 10.1 Å². The summed E-state index contributed by atoms with van der Waals surface area (Å²) in [7, 11) is 0. The third-order valence-corrected chi connectivity index (χ3v) is 3.19. The lowest BCUT2D eigenvalue weighted by atomic mass is 10.2. The highest BCUT2D eigenvalue weighted by atomic mass is 19.4. The molecule has 132 valence electrons. The number of rotatable bonds is 5. The predicted molar refractivity (Wildman–Crippen MR) is 86.8 cm³/mol. The van der Waals surface area contributed by atoms with Crippen LogP contribution in [0, 0.1) is 0 Å². The van der Waals surface area contributed by atoms with Gasteiger partial charge >= 0.3 is 12.2 Å². The number of hydrogen-bond acceptors (Lipinski definition) is 3. The van der Waals surface area contributed by atoms with Crippen molar-refractivity contribution >= 4 is 17.6 Å². The van der Waals surface area contributed by atoms with Crippen LogP contribution in [-0.2, 0) is 17.5 Å². The van der Waals surface area contributed by atoms with Crippen molar-refractivity contribution in [2.75, 3.05) is 11.9 Å².